The van der Waals surface area contributed by atoms with Crippen molar-refractivity contribution in [3.63, 3.8) is 0 Å². The average molecular weight is 429 g/mol. The molecule has 1 atom stereocenters. The van der Waals surface area contributed by atoms with Crippen molar-refractivity contribution in [2.24, 2.45) is 5.92 Å². The summed E-state index contributed by atoms with van der Waals surface area (Å²) in [6.07, 6.45) is 1.26. The maximum Gasteiger partial charge on any atom is 0.252 e. The molecule has 2 aromatic rings. The minimum absolute atomic E-state index is 0.147. The number of hydrogen-bond donors (Lipinski definition) is 1. The molecule has 10 heteroatoms. The molecule has 0 radical (unpaired) electrons. The number of nitrogens with one attached hydrogen (secondary N) is 1. The van der Waals surface area contributed by atoms with E-state index in [0.717, 1.165) is 11.3 Å². The Morgan fingerprint density at radius 3 is 2.81 bits per heavy atom. The van der Waals surface area contributed by atoms with Crippen LogP contribution in [-0.2, 0) is 14.8 Å². The Labute approximate surface area is 165 Å². The summed E-state index contributed by atoms with van der Waals surface area (Å²) in [6, 6.07) is 8.23. The summed E-state index contributed by atoms with van der Waals surface area (Å²) in [7, 11) is -3.64. The molecule has 1 unspecified atom stereocenters. The minimum Gasteiger partial charge on any atom is -0.454 e. The highest BCUT2D eigenvalue weighted by Crippen LogP contribution is 2.35. The van der Waals surface area contributed by atoms with E-state index < -0.39 is 15.9 Å². The number of halogens is 1. The summed E-state index contributed by atoms with van der Waals surface area (Å²) in [5.74, 6) is 0.583. The zero-order chi connectivity index (χ0) is 19.0. The summed E-state index contributed by atoms with van der Waals surface area (Å²) < 4.78 is 38.1. The molecule has 0 aliphatic carbocycles. The van der Waals surface area contributed by atoms with E-state index in [4.69, 9.17) is 21.1 Å². The summed E-state index contributed by atoms with van der Waals surface area (Å²) in [4.78, 5) is 12.7. The molecule has 4 rings (SSSR count). The highest BCUT2D eigenvalue weighted by atomic mass is 35.5. The number of piperidine rings is 1. The van der Waals surface area contributed by atoms with E-state index in [1.54, 1.807) is 24.3 Å². The van der Waals surface area contributed by atoms with Crippen LogP contribution in [0.5, 0.6) is 11.5 Å². The van der Waals surface area contributed by atoms with Crippen molar-refractivity contribution in [2.75, 3.05) is 25.2 Å². The largest absolute Gasteiger partial charge is 0.454 e. The maximum absolute atomic E-state index is 12.8. The van der Waals surface area contributed by atoms with Crippen molar-refractivity contribution in [3.05, 3.63) is 34.7 Å². The number of amides is 1. The quantitative estimate of drug-likeness (QED) is 0.808. The number of fused-ring (bicyclic) bond motifs is 1. The molecule has 1 saturated heterocycles. The second-order valence-electron chi connectivity index (χ2n) is 6.32. The fourth-order valence-corrected chi connectivity index (χ4v) is 6.32. The molecule has 1 aromatic heterocycles. The van der Waals surface area contributed by atoms with Gasteiger partial charge in [0.2, 0.25) is 12.7 Å². The average Bonchev–Trinajstić information content (AvgIpc) is 3.30. The SMILES string of the molecule is O=C(Nc1ccc2c(c1)OCO2)C1CCCN(S(=O)(=O)c2ccc(Cl)s2)C1. The third-order valence-corrected chi connectivity index (χ3v) is 8.10. The highest BCUT2D eigenvalue weighted by Gasteiger charge is 2.34. The number of sulfonamides is 1. The lowest BCUT2D eigenvalue weighted by atomic mass is 9.98. The Bertz CT molecular complexity index is 975. The Hall–Kier alpha value is -1.81. The predicted molar refractivity (Wildman–Crippen MR) is 102 cm³/mol. The number of ether oxygens (including phenoxy) is 2. The predicted octanol–water partition coefficient (Wildman–Crippen LogP) is 3.17. The van der Waals surface area contributed by atoms with Crippen LogP contribution in [0.3, 0.4) is 0 Å². The van der Waals surface area contributed by atoms with Crippen molar-refractivity contribution in [1.29, 1.82) is 0 Å². The van der Waals surface area contributed by atoms with E-state index in [1.165, 1.54) is 10.4 Å². The monoisotopic (exact) mass is 428 g/mol. The normalized spacial score (nSPS) is 19.8. The molecular weight excluding hydrogens is 412 g/mol. The summed E-state index contributed by atoms with van der Waals surface area (Å²) >= 11 is 6.89. The van der Waals surface area contributed by atoms with Crippen LogP contribution < -0.4 is 14.8 Å². The topological polar surface area (TPSA) is 84.9 Å². The number of thiophene rings is 1. The van der Waals surface area contributed by atoms with Gasteiger partial charge in [0, 0.05) is 24.8 Å². The number of hydrogen-bond acceptors (Lipinski definition) is 6. The molecule has 7 nitrogen and oxygen atoms in total. The third-order valence-electron chi connectivity index (χ3n) is 4.54. The molecule has 1 amide bonds. The molecule has 144 valence electrons. The first-order chi connectivity index (χ1) is 12.9. The van der Waals surface area contributed by atoms with E-state index >= 15 is 0 Å². The molecule has 1 fully saturated rings. The van der Waals surface area contributed by atoms with Gasteiger partial charge in [0.15, 0.2) is 11.5 Å². The second-order valence-corrected chi connectivity index (χ2v) is 10.2. The molecule has 3 heterocycles. The zero-order valence-corrected chi connectivity index (χ0v) is 16.6. The molecule has 2 aliphatic rings. The van der Waals surface area contributed by atoms with E-state index in [1.807, 2.05) is 0 Å². The van der Waals surface area contributed by atoms with Crippen molar-refractivity contribution in [1.82, 2.24) is 4.31 Å². The summed E-state index contributed by atoms with van der Waals surface area (Å²) in [5, 5.41) is 2.84. The van der Waals surface area contributed by atoms with Crippen LogP contribution in [0.25, 0.3) is 0 Å². The van der Waals surface area contributed by atoms with E-state index in [-0.39, 0.29) is 23.5 Å². The van der Waals surface area contributed by atoms with Crippen molar-refractivity contribution < 1.29 is 22.7 Å². The van der Waals surface area contributed by atoms with E-state index in [2.05, 4.69) is 5.32 Å². The Balaban J connectivity index is 1.45. The van der Waals surface area contributed by atoms with Gasteiger partial charge in [0.05, 0.1) is 10.3 Å². The van der Waals surface area contributed by atoms with E-state index in [9.17, 15) is 13.2 Å². The molecule has 1 N–H and O–H groups in total. The van der Waals surface area contributed by atoms with Gasteiger partial charge in [-0.15, -0.1) is 11.3 Å². The van der Waals surface area contributed by atoms with Crippen LogP contribution in [0.2, 0.25) is 4.34 Å². The number of carbonyl (C=O) groups is 1. The molecule has 1 aromatic carbocycles. The molecule has 0 bridgehead atoms. The Morgan fingerprint density at radius 2 is 2.04 bits per heavy atom. The van der Waals surface area contributed by atoms with Crippen molar-refractivity contribution >= 4 is 44.6 Å². The Morgan fingerprint density at radius 1 is 1.22 bits per heavy atom. The number of rotatable bonds is 4. The summed E-state index contributed by atoms with van der Waals surface area (Å²) in [5.41, 5.74) is 0.592. The molecule has 0 spiro atoms. The lowest BCUT2D eigenvalue weighted by Gasteiger charge is -2.30. The van der Waals surface area contributed by atoms with Crippen LogP contribution in [0, 0.1) is 5.92 Å². The van der Waals surface area contributed by atoms with Crippen LogP contribution in [0.1, 0.15) is 12.8 Å². The van der Waals surface area contributed by atoms with Crippen molar-refractivity contribution in [3.8, 4) is 11.5 Å². The zero-order valence-electron chi connectivity index (χ0n) is 14.2. The van der Waals surface area contributed by atoms with Gasteiger partial charge in [-0.25, -0.2) is 8.42 Å². The van der Waals surface area contributed by atoms with Gasteiger partial charge >= 0.3 is 0 Å². The van der Waals surface area contributed by atoms with Crippen LogP contribution in [0.15, 0.2) is 34.5 Å². The van der Waals surface area contributed by atoms with E-state index in [0.29, 0.717) is 40.9 Å². The third kappa shape index (κ3) is 3.77. The van der Waals surface area contributed by atoms with Crippen molar-refractivity contribution in [2.45, 2.75) is 17.1 Å². The number of benzene rings is 1. The maximum atomic E-state index is 12.8. The number of nitrogens with zero attached hydrogens (tertiary/aromatic N) is 1. The minimum atomic E-state index is -3.64. The standard InChI is InChI=1S/C17H17ClN2O5S2/c18-15-5-6-16(26-15)27(22,23)20-7-1-2-11(9-20)17(21)19-12-3-4-13-14(8-12)25-10-24-13/h3-6,8,11H,1-2,7,9-10H2,(H,19,21). The first-order valence-corrected chi connectivity index (χ1v) is 11.0. The van der Waals surface area contributed by atoms with Crippen LogP contribution in [-0.4, -0.2) is 38.5 Å². The van der Waals surface area contributed by atoms with Gasteiger partial charge in [0.25, 0.3) is 10.0 Å². The van der Waals surface area contributed by atoms with Gasteiger partial charge in [0.1, 0.15) is 4.21 Å². The fourth-order valence-electron chi connectivity index (χ4n) is 3.16. The number of carbonyl (C=O) groups excluding carboxylic acids is 1. The highest BCUT2D eigenvalue weighted by molar-refractivity contribution is 7.91. The number of anilines is 1. The molecule has 2 aliphatic heterocycles. The van der Waals surface area contributed by atoms with Gasteiger partial charge in [-0.3, -0.25) is 4.79 Å². The summed E-state index contributed by atoms with van der Waals surface area (Å²) in [6.45, 7) is 0.703. The first kappa shape index (κ1) is 18.5. The molecule has 0 saturated carbocycles. The molecular formula is C17H17ClN2O5S2. The molecule has 27 heavy (non-hydrogen) atoms. The van der Waals surface area contributed by atoms with Crippen LogP contribution >= 0.6 is 22.9 Å². The Kier molecular flexibility index (Phi) is 5.02. The lowest BCUT2D eigenvalue weighted by Crippen LogP contribution is -2.43. The first-order valence-electron chi connectivity index (χ1n) is 8.39. The van der Waals surface area contributed by atoms with Gasteiger partial charge in [-0.1, -0.05) is 11.6 Å². The smallest absolute Gasteiger partial charge is 0.252 e. The van der Waals surface area contributed by atoms with Crippen LogP contribution in [0.4, 0.5) is 5.69 Å². The van der Waals surface area contributed by atoms with Gasteiger partial charge in [-0.05, 0) is 37.1 Å². The van der Waals surface area contributed by atoms with Gasteiger partial charge < -0.3 is 14.8 Å². The van der Waals surface area contributed by atoms with Gasteiger partial charge in [-0.2, -0.15) is 4.31 Å². The lowest BCUT2D eigenvalue weighted by molar-refractivity contribution is -0.120. The fraction of sp³-hybridized carbons (Fsp3) is 0.353. The second kappa shape index (κ2) is 7.31.